The van der Waals surface area contributed by atoms with Gasteiger partial charge in [0.2, 0.25) is 0 Å². The van der Waals surface area contributed by atoms with Crippen LogP contribution in [0.25, 0.3) is 0 Å². The molecule has 1 aliphatic heterocycles. The lowest BCUT2D eigenvalue weighted by molar-refractivity contribution is -0.140. The highest BCUT2D eigenvalue weighted by molar-refractivity contribution is 6.31. The van der Waals surface area contributed by atoms with Crippen molar-refractivity contribution < 1.29 is 26.3 Å². The molecule has 0 saturated carbocycles. The fourth-order valence-electron chi connectivity index (χ4n) is 2.80. The van der Waals surface area contributed by atoms with Gasteiger partial charge in [0.1, 0.15) is 0 Å². The minimum absolute atomic E-state index is 0. The summed E-state index contributed by atoms with van der Waals surface area (Å²) in [5.74, 6) is 0. The number of nitrogens with zero attached hydrogens (tertiary/aromatic N) is 1. The van der Waals surface area contributed by atoms with E-state index >= 15 is 0 Å². The quantitative estimate of drug-likeness (QED) is 0.697. The summed E-state index contributed by atoms with van der Waals surface area (Å²) in [7, 11) is 0. The molecular weight excluding hydrogens is 393 g/mol. The molecule has 0 radical (unpaired) electrons. The Balaban J connectivity index is 0.00000312. The lowest BCUT2D eigenvalue weighted by Gasteiger charge is -2.36. The van der Waals surface area contributed by atoms with E-state index < -0.39 is 30.4 Å². The maximum absolute atomic E-state index is 12.9. The summed E-state index contributed by atoms with van der Waals surface area (Å²) in [5.41, 5.74) is -0.813. The number of alkyl halides is 6. The molecule has 1 aliphatic rings. The SMILES string of the molecule is Cl.FC(F)(F)CC[C@H](c1cc(C(F)(F)F)ccc1Cl)N1CCNCC1. The van der Waals surface area contributed by atoms with Gasteiger partial charge in [-0.15, -0.1) is 12.4 Å². The van der Waals surface area contributed by atoms with Crippen molar-refractivity contribution in [2.75, 3.05) is 26.2 Å². The number of rotatable bonds is 4. The Morgan fingerprint density at radius 2 is 1.68 bits per heavy atom. The second-order valence-corrected chi connectivity index (χ2v) is 6.10. The molecule has 2 nitrogen and oxygen atoms in total. The summed E-state index contributed by atoms with van der Waals surface area (Å²) in [6.07, 6.45) is -10.4. The number of hydrogen-bond acceptors (Lipinski definition) is 2. The van der Waals surface area contributed by atoms with E-state index in [4.69, 9.17) is 11.6 Å². The number of piperazine rings is 1. The lowest BCUT2D eigenvalue weighted by atomic mass is 9.97. The minimum atomic E-state index is -4.57. The van der Waals surface area contributed by atoms with Crippen LogP contribution in [0.15, 0.2) is 18.2 Å². The molecule has 1 aromatic rings. The summed E-state index contributed by atoms with van der Waals surface area (Å²) in [4.78, 5) is 1.75. The van der Waals surface area contributed by atoms with Crippen LogP contribution in [-0.2, 0) is 6.18 Å². The highest BCUT2D eigenvalue weighted by Gasteiger charge is 2.35. The van der Waals surface area contributed by atoms with Gasteiger partial charge in [0.25, 0.3) is 0 Å². The number of nitrogens with one attached hydrogen (secondary N) is 1. The molecule has 2 rings (SSSR count). The molecule has 144 valence electrons. The molecule has 0 aliphatic carbocycles. The van der Waals surface area contributed by atoms with Crippen LogP contribution in [0.5, 0.6) is 0 Å². The summed E-state index contributed by atoms with van der Waals surface area (Å²) in [6, 6.07) is 2.00. The Labute approximate surface area is 152 Å². The van der Waals surface area contributed by atoms with Gasteiger partial charge in [0, 0.05) is 43.7 Å². The van der Waals surface area contributed by atoms with Crippen LogP contribution in [0.2, 0.25) is 5.02 Å². The standard InChI is InChI=1S/C15H17ClF6N2.ClH/c16-12-2-1-10(15(20,21)22)9-11(12)13(3-4-14(17,18)19)24-7-5-23-6-8-24;/h1-2,9,13,23H,3-8H2;1H/t13-;/m1./s1. The molecule has 1 heterocycles. The van der Waals surface area contributed by atoms with Crippen molar-refractivity contribution >= 4 is 24.0 Å². The Morgan fingerprint density at radius 3 is 2.20 bits per heavy atom. The fraction of sp³-hybridized carbons (Fsp3) is 0.600. The van der Waals surface area contributed by atoms with Crippen molar-refractivity contribution in [3.8, 4) is 0 Å². The molecule has 1 fully saturated rings. The lowest BCUT2D eigenvalue weighted by Crippen LogP contribution is -2.45. The summed E-state index contributed by atoms with van der Waals surface area (Å²) >= 11 is 6.02. The van der Waals surface area contributed by atoms with Gasteiger partial charge in [0.05, 0.1) is 5.56 Å². The van der Waals surface area contributed by atoms with Gasteiger partial charge in [-0.2, -0.15) is 26.3 Å². The van der Waals surface area contributed by atoms with E-state index in [0.29, 0.717) is 26.2 Å². The van der Waals surface area contributed by atoms with Gasteiger partial charge in [-0.3, -0.25) is 4.90 Å². The predicted octanol–water partition coefficient (Wildman–Crippen LogP) is 5.07. The van der Waals surface area contributed by atoms with E-state index in [1.807, 2.05) is 0 Å². The first kappa shape index (κ1) is 22.3. The Hall–Kier alpha value is -0.700. The average molecular weight is 411 g/mol. The summed E-state index contributed by atoms with van der Waals surface area (Å²) in [6.45, 7) is 2.04. The maximum atomic E-state index is 12.9. The van der Waals surface area contributed by atoms with Crippen LogP contribution >= 0.6 is 24.0 Å². The zero-order chi connectivity index (χ0) is 18.0. The third-order valence-corrected chi connectivity index (χ3v) is 4.32. The van der Waals surface area contributed by atoms with Gasteiger partial charge in [-0.25, -0.2) is 0 Å². The van der Waals surface area contributed by atoms with E-state index in [0.717, 1.165) is 18.2 Å². The molecular formula is C15H18Cl2F6N2. The van der Waals surface area contributed by atoms with Crippen LogP contribution < -0.4 is 5.32 Å². The van der Waals surface area contributed by atoms with Crippen LogP contribution in [0.4, 0.5) is 26.3 Å². The zero-order valence-corrected chi connectivity index (χ0v) is 14.6. The molecule has 25 heavy (non-hydrogen) atoms. The largest absolute Gasteiger partial charge is 0.416 e. The molecule has 0 bridgehead atoms. The third kappa shape index (κ3) is 6.51. The van der Waals surface area contributed by atoms with E-state index in [1.54, 1.807) is 4.90 Å². The summed E-state index contributed by atoms with van der Waals surface area (Å²) in [5, 5.41) is 3.12. The van der Waals surface area contributed by atoms with Gasteiger partial charge in [0.15, 0.2) is 0 Å². The first-order valence-corrected chi connectivity index (χ1v) is 7.84. The average Bonchev–Trinajstić information content (AvgIpc) is 2.48. The molecule has 10 heteroatoms. The Morgan fingerprint density at radius 1 is 1.08 bits per heavy atom. The Kier molecular flexibility index (Phi) is 7.86. The van der Waals surface area contributed by atoms with Crippen molar-refractivity contribution in [1.29, 1.82) is 0 Å². The van der Waals surface area contributed by atoms with E-state index in [-0.39, 0.29) is 29.4 Å². The molecule has 1 saturated heterocycles. The van der Waals surface area contributed by atoms with Crippen LogP contribution in [0.1, 0.15) is 30.0 Å². The number of halogens is 8. The van der Waals surface area contributed by atoms with Crippen molar-refractivity contribution in [2.45, 2.75) is 31.2 Å². The minimum Gasteiger partial charge on any atom is -0.314 e. The third-order valence-electron chi connectivity index (χ3n) is 3.98. The van der Waals surface area contributed by atoms with Crippen LogP contribution in [0, 0.1) is 0 Å². The number of hydrogen-bond donors (Lipinski definition) is 1. The maximum Gasteiger partial charge on any atom is 0.416 e. The van der Waals surface area contributed by atoms with Crippen molar-refractivity contribution in [1.82, 2.24) is 10.2 Å². The van der Waals surface area contributed by atoms with Gasteiger partial charge in [-0.1, -0.05) is 11.6 Å². The highest BCUT2D eigenvalue weighted by atomic mass is 35.5. The second kappa shape index (κ2) is 8.79. The van der Waals surface area contributed by atoms with Crippen molar-refractivity contribution in [3.63, 3.8) is 0 Å². The first-order valence-electron chi connectivity index (χ1n) is 7.46. The monoisotopic (exact) mass is 410 g/mol. The molecule has 1 atom stereocenters. The van der Waals surface area contributed by atoms with Gasteiger partial charge in [-0.05, 0) is 30.2 Å². The zero-order valence-electron chi connectivity index (χ0n) is 13.1. The topological polar surface area (TPSA) is 15.3 Å². The molecule has 0 spiro atoms. The van der Waals surface area contributed by atoms with Crippen LogP contribution in [-0.4, -0.2) is 37.3 Å². The van der Waals surface area contributed by atoms with Crippen molar-refractivity contribution in [2.24, 2.45) is 0 Å². The second-order valence-electron chi connectivity index (χ2n) is 5.69. The van der Waals surface area contributed by atoms with Crippen molar-refractivity contribution in [3.05, 3.63) is 34.3 Å². The van der Waals surface area contributed by atoms with Gasteiger partial charge >= 0.3 is 12.4 Å². The normalized spacial score (nSPS) is 17.9. The first-order chi connectivity index (χ1) is 11.1. The number of benzene rings is 1. The molecule has 1 aromatic carbocycles. The highest BCUT2D eigenvalue weighted by Crippen LogP contribution is 2.38. The Bertz CT molecular complexity index is 556. The van der Waals surface area contributed by atoms with Crippen LogP contribution in [0.3, 0.4) is 0 Å². The van der Waals surface area contributed by atoms with E-state index in [2.05, 4.69) is 5.32 Å². The molecule has 0 amide bonds. The molecule has 1 N–H and O–H groups in total. The summed E-state index contributed by atoms with van der Waals surface area (Å²) < 4.78 is 76.7. The molecule has 0 aromatic heterocycles. The van der Waals surface area contributed by atoms with E-state index in [1.165, 1.54) is 0 Å². The predicted molar refractivity (Wildman–Crippen MR) is 86.2 cm³/mol. The fourth-order valence-corrected chi connectivity index (χ4v) is 3.05. The smallest absolute Gasteiger partial charge is 0.314 e. The van der Waals surface area contributed by atoms with E-state index in [9.17, 15) is 26.3 Å². The van der Waals surface area contributed by atoms with Gasteiger partial charge < -0.3 is 5.32 Å². The molecule has 0 unspecified atom stereocenters.